The van der Waals surface area contributed by atoms with Crippen LogP contribution < -0.4 is 9.92 Å². The maximum atomic E-state index is 10.5. The summed E-state index contributed by atoms with van der Waals surface area (Å²) in [5, 5.41) is 10.1. The molecule has 1 aromatic carbocycles. The highest BCUT2D eigenvalue weighted by Gasteiger charge is 2.23. The monoisotopic (exact) mass is 293 g/mol. The molecule has 1 aromatic rings. The quantitative estimate of drug-likeness (QED) is 0.784. The molecule has 0 saturated heterocycles. The fourth-order valence-electron chi connectivity index (χ4n) is 2.59. The molecule has 0 unspecified atom stereocenters. The Kier molecular flexibility index (Phi) is 6.27. The van der Waals surface area contributed by atoms with Crippen LogP contribution in [-0.4, -0.2) is 26.5 Å². The van der Waals surface area contributed by atoms with Crippen LogP contribution >= 0.6 is 0 Å². The summed E-state index contributed by atoms with van der Waals surface area (Å²) >= 11 is 0. The van der Waals surface area contributed by atoms with Crippen LogP contribution in [0.5, 0.6) is 5.75 Å². The summed E-state index contributed by atoms with van der Waals surface area (Å²) in [6, 6.07) is 6.17. The fraction of sp³-hybridized carbons (Fsp3) is 0.562. The number of aryl methyl sites for hydroxylation is 1. The third-order valence-corrected chi connectivity index (χ3v) is 7.01. The predicted molar refractivity (Wildman–Crippen MR) is 84.5 cm³/mol. The summed E-state index contributed by atoms with van der Waals surface area (Å²) < 4.78 is 5.48. The van der Waals surface area contributed by atoms with Gasteiger partial charge in [-0.15, -0.1) is 0 Å². The molecule has 0 fully saturated rings. The zero-order chi connectivity index (χ0) is 15.3. The largest absolute Gasteiger partial charge is 0.493 e. The van der Waals surface area contributed by atoms with E-state index in [-0.39, 0.29) is 13.0 Å². The van der Waals surface area contributed by atoms with Gasteiger partial charge in [0.1, 0.15) is 5.75 Å². The number of ether oxygens (including phenoxy) is 1. The van der Waals surface area contributed by atoms with Gasteiger partial charge < -0.3 is 9.84 Å². The highest BCUT2D eigenvalue weighted by Crippen LogP contribution is 2.22. The van der Waals surface area contributed by atoms with Gasteiger partial charge in [0.25, 0.3) is 0 Å². The van der Waals surface area contributed by atoms with E-state index < -0.39 is 14.8 Å². The topological polar surface area (TPSA) is 46.5 Å². The van der Waals surface area contributed by atoms with Gasteiger partial charge in [0, 0.05) is 0 Å². The third kappa shape index (κ3) is 4.67. The van der Waals surface area contributed by atoms with Gasteiger partial charge in [-0.1, -0.05) is 38.9 Å². The molecule has 0 bridgehead atoms. The zero-order valence-electron chi connectivity index (χ0n) is 13.1. The van der Waals surface area contributed by atoms with Crippen molar-refractivity contribution >= 4 is 20.0 Å². The first-order valence-corrected chi connectivity index (χ1v) is 8.80. The second kappa shape index (κ2) is 7.48. The van der Waals surface area contributed by atoms with E-state index in [1.165, 1.54) is 10.8 Å². The summed E-state index contributed by atoms with van der Waals surface area (Å²) in [6.07, 6.45) is 0.0355. The molecule has 0 aromatic heterocycles. The van der Waals surface area contributed by atoms with Gasteiger partial charge >= 0.3 is 5.97 Å². The molecule has 0 aliphatic carbocycles. The molecule has 1 radical (unpaired) electrons. The molecule has 0 aliphatic heterocycles. The van der Waals surface area contributed by atoms with Crippen LogP contribution in [0.1, 0.15) is 39.7 Å². The Bertz CT molecular complexity index is 447. The van der Waals surface area contributed by atoms with E-state index in [1.807, 2.05) is 12.1 Å². The lowest BCUT2D eigenvalue weighted by molar-refractivity contribution is -0.137. The minimum absolute atomic E-state index is 0.0355. The van der Waals surface area contributed by atoms with Crippen LogP contribution in [0.2, 0.25) is 11.1 Å². The van der Waals surface area contributed by atoms with E-state index >= 15 is 0 Å². The number of carboxylic acids is 1. The lowest BCUT2D eigenvalue weighted by Gasteiger charge is -2.25. The van der Waals surface area contributed by atoms with Gasteiger partial charge in [0.2, 0.25) is 0 Å². The van der Waals surface area contributed by atoms with Crippen molar-refractivity contribution in [2.45, 2.75) is 52.1 Å². The number of benzene rings is 1. The molecular formula is C16H25O3Si. The number of hydrogen-bond acceptors (Lipinski definition) is 2. The number of aliphatic carboxylic acids is 1. The summed E-state index contributed by atoms with van der Waals surface area (Å²) in [7, 11) is -0.586. The van der Waals surface area contributed by atoms with Gasteiger partial charge in [0.05, 0.1) is 21.8 Å². The Morgan fingerprint density at radius 2 is 1.85 bits per heavy atom. The average Bonchev–Trinajstić information content (AvgIpc) is 2.30. The zero-order valence-corrected chi connectivity index (χ0v) is 14.1. The predicted octanol–water partition coefficient (Wildman–Crippen LogP) is 3.37. The Hall–Kier alpha value is -1.29. The Balaban J connectivity index is 2.84. The molecule has 4 heteroatoms. The maximum Gasteiger partial charge on any atom is 0.306 e. The van der Waals surface area contributed by atoms with E-state index in [4.69, 9.17) is 9.84 Å². The van der Waals surface area contributed by atoms with Gasteiger partial charge in [-0.05, 0) is 35.7 Å². The lowest BCUT2D eigenvalue weighted by Crippen LogP contribution is -2.37. The number of carboxylic acid groups (broad SMARTS) is 1. The second-order valence-electron chi connectivity index (χ2n) is 5.73. The Labute approximate surface area is 123 Å². The van der Waals surface area contributed by atoms with Crippen molar-refractivity contribution in [3.8, 4) is 5.75 Å². The highest BCUT2D eigenvalue weighted by atomic mass is 28.3. The first-order valence-electron chi connectivity index (χ1n) is 7.15. The maximum absolute atomic E-state index is 10.5. The minimum atomic E-state index is -0.830. The summed E-state index contributed by atoms with van der Waals surface area (Å²) in [4.78, 5) is 10.5. The Morgan fingerprint density at radius 1 is 1.25 bits per heavy atom. The van der Waals surface area contributed by atoms with Gasteiger partial charge in [0.15, 0.2) is 0 Å². The van der Waals surface area contributed by atoms with E-state index in [0.29, 0.717) is 11.1 Å². The molecule has 111 valence electrons. The standard InChI is InChI=1S/C16H25O3Si/c1-11(2)20(12(3)4)15-7-6-14(10-13(15)5)19-9-8-16(17)18/h6-7,10-12H,8-9H2,1-5H3,(H,17,18). The molecule has 0 heterocycles. The number of rotatable bonds is 7. The molecule has 0 atom stereocenters. The molecule has 20 heavy (non-hydrogen) atoms. The number of hydrogen-bond donors (Lipinski definition) is 1. The van der Waals surface area contributed by atoms with E-state index in [9.17, 15) is 4.79 Å². The van der Waals surface area contributed by atoms with Crippen molar-refractivity contribution < 1.29 is 14.6 Å². The van der Waals surface area contributed by atoms with Crippen molar-refractivity contribution in [1.82, 2.24) is 0 Å². The van der Waals surface area contributed by atoms with Gasteiger partial charge in [-0.25, -0.2) is 0 Å². The lowest BCUT2D eigenvalue weighted by atomic mass is 10.2. The Morgan fingerprint density at radius 3 is 2.30 bits per heavy atom. The van der Waals surface area contributed by atoms with Crippen LogP contribution in [-0.2, 0) is 4.79 Å². The second-order valence-corrected chi connectivity index (χ2v) is 9.49. The first-order chi connectivity index (χ1) is 9.32. The van der Waals surface area contributed by atoms with Gasteiger partial charge in [-0.2, -0.15) is 0 Å². The van der Waals surface area contributed by atoms with E-state index in [2.05, 4.69) is 40.7 Å². The van der Waals surface area contributed by atoms with Crippen LogP contribution in [0.3, 0.4) is 0 Å². The van der Waals surface area contributed by atoms with Crippen LogP contribution in [0, 0.1) is 6.92 Å². The van der Waals surface area contributed by atoms with Crippen molar-refractivity contribution in [3.63, 3.8) is 0 Å². The summed E-state index contributed by atoms with van der Waals surface area (Å²) in [5.41, 5.74) is 2.64. The van der Waals surface area contributed by atoms with E-state index in [0.717, 1.165) is 5.75 Å². The van der Waals surface area contributed by atoms with Crippen molar-refractivity contribution in [1.29, 1.82) is 0 Å². The number of carbonyl (C=O) groups is 1. The molecule has 0 saturated carbocycles. The van der Waals surface area contributed by atoms with Crippen molar-refractivity contribution in [2.24, 2.45) is 0 Å². The molecule has 0 amide bonds. The van der Waals surface area contributed by atoms with Crippen LogP contribution in [0.4, 0.5) is 0 Å². The smallest absolute Gasteiger partial charge is 0.306 e. The molecule has 0 spiro atoms. The van der Waals surface area contributed by atoms with Crippen LogP contribution in [0.25, 0.3) is 0 Å². The SMILES string of the molecule is Cc1cc(OCCC(=O)O)ccc1[Si](C(C)C)C(C)C. The average molecular weight is 293 g/mol. The minimum Gasteiger partial charge on any atom is -0.493 e. The molecule has 1 rings (SSSR count). The molecular weight excluding hydrogens is 268 g/mol. The molecule has 3 nitrogen and oxygen atoms in total. The molecule has 0 aliphatic rings. The summed E-state index contributed by atoms with van der Waals surface area (Å²) in [5.74, 6) is -0.0650. The normalized spacial score (nSPS) is 11.4. The van der Waals surface area contributed by atoms with Crippen molar-refractivity contribution in [2.75, 3.05) is 6.61 Å². The van der Waals surface area contributed by atoms with Crippen molar-refractivity contribution in [3.05, 3.63) is 23.8 Å². The first kappa shape index (κ1) is 16.8. The molecule has 1 N–H and O–H groups in total. The summed E-state index contributed by atoms with van der Waals surface area (Å²) in [6.45, 7) is 11.5. The fourth-order valence-corrected chi connectivity index (χ4v) is 5.98. The van der Waals surface area contributed by atoms with Crippen LogP contribution in [0.15, 0.2) is 18.2 Å². The highest BCUT2D eigenvalue weighted by molar-refractivity contribution is 6.76. The third-order valence-electron chi connectivity index (χ3n) is 3.34. The van der Waals surface area contributed by atoms with E-state index in [1.54, 1.807) is 0 Å². The van der Waals surface area contributed by atoms with Gasteiger partial charge in [-0.3, -0.25) is 4.79 Å².